The van der Waals surface area contributed by atoms with E-state index in [0.717, 1.165) is 68.2 Å². The lowest BCUT2D eigenvalue weighted by atomic mass is 9.90. The molecule has 2 N–H and O–H groups in total. The van der Waals surface area contributed by atoms with Crippen LogP contribution in [0.1, 0.15) is 32.6 Å². The van der Waals surface area contributed by atoms with Crippen molar-refractivity contribution < 1.29 is 4.74 Å². The molecule has 1 aliphatic carbocycles. The summed E-state index contributed by atoms with van der Waals surface area (Å²) in [5.41, 5.74) is 2.53. The molecule has 0 bridgehead atoms. The average molecular weight is 426 g/mol. The van der Waals surface area contributed by atoms with Gasteiger partial charge in [-0.3, -0.25) is 14.3 Å². The van der Waals surface area contributed by atoms with Crippen molar-refractivity contribution in [2.24, 2.45) is 7.05 Å². The number of aromatic nitrogens is 6. The van der Waals surface area contributed by atoms with E-state index >= 15 is 0 Å². The number of hydrogen-bond donors (Lipinski definition) is 2. The van der Waals surface area contributed by atoms with E-state index in [1.54, 1.807) is 10.9 Å². The number of nitrogens with one attached hydrogen (secondary N) is 2. The third kappa shape index (κ3) is 4.49. The fraction of sp³-hybridized carbons (Fsp3) is 0.619. The molecule has 0 radical (unpaired) electrons. The standard InChI is InChI=1S/C21H31N9O/c1-3-30-14-18-19(27-30)20(26-21(25-18)24-16-12-22-28(2)13-16)23-15-4-6-17(7-5-15)29-8-10-31-11-9-29/h12-15,17H,3-11H2,1-2H3,(H2,23,24,25,26)/t15-,17-. The molecule has 4 heterocycles. The molecular formula is C21H31N9O. The second-order valence-corrected chi connectivity index (χ2v) is 8.44. The van der Waals surface area contributed by atoms with Crippen LogP contribution in [-0.4, -0.2) is 72.8 Å². The highest BCUT2D eigenvalue weighted by molar-refractivity contribution is 5.86. The molecule has 0 amide bonds. The molecule has 2 fully saturated rings. The minimum atomic E-state index is 0.397. The minimum Gasteiger partial charge on any atom is -0.379 e. The number of ether oxygens (including phenoxy) is 1. The van der Waals surface area contributed by atoms with Crippen LogP contribution in [0, 0.1) is 0 Å². The van der Waals surface area contributed by atoms with Crippen molar-refractivity contribution in [2.75, 3.05) is 36.9 Å². The highest BCUT2D eigenvalue weighted by Gasteiger charge is 2.27. The molecular weight excluding hydrogens is 394 g/mol. The summed E-state index contributed by atoms with van der Waals surface area (Å²) in [5.74, 6) is 1.36. The Morgan fingerprint density at radius 1 is 1.10 bits per heavy atom. The normalized spacial score (nSPS) is 22.6. The summed E-state index contributed by atoms with van der Waals surface area (Å²) in [6, 6.07) is 1.07. The quantitative estimate of drug-likeness (QED) is 0.621. The molecule has 3 aromatic rings. The van der Waals surface area contributed by atoms with Crippen molar-refractivity contribution in [2.45, 2.75) is 51.2 Å². The Morgan fingerprint density at radius 3 is 2.61 bits per heavy atom. The highest BCUT2D eigenvalue weighted by Crippen LogP contribution is 2.29. The molecule has 1 saturated carbocycles. The molecule has 10 heteroatoms. The van der Waals surface area contributed by atoms with E-state index < -0.39 is 0 Å². The Kier molecular flexibility index (Phi) is 5.73. The van der Waals surface area contributed by atoms with E-state index in [1.165, 1.54) is 12.8 Å². The first-order chi connectivity index (χ1) is 15.2. The largest absolute Gasteiger partial charge is 0.379 e. The van der Waals surface area contributed by atoms with Crippen LogP contribution in [0.5, 0.6) is 0 Å². The van der Waals surface area contributed by atoms with Gasteiger partial charge in [0, 0.05) is 45.0 Å². The lowest BCUT2D eigenvalue weighted by molar-refractivity contribution is 0.00791. The van der Waals surface area contributed by atoms with E-state index in [9.17, 15) is 0 Å². The van der Waals surface area contributed by atoms with Crippen molar-refractivity contribution >= 4 is 28.5 Å². The van der Waals surface area contributed by atoms with Gasteiger partial charge in [0.25, 0.3) is 0 Å². The van der Waals surface area contributed by atoms with Gasteiger partial charge in [-0.1, -0.05) is 0 Å². The smallest absolute Gasteiger partial charge is 0.230 e. The van der Waals surface area contributed by atoms with Crippen LogP contribution in [0.2, 0.25) is 0 Å². The first kappa shape index (κ1) is 20.2. The maximum absolute atomic E-state index is 5.51. The van der Waals surface area contributed by atoms with Gasteiger partial charge in [0.1, 0.15) is 5.52 Å². The summed E-state index contributed by atoms with van der Waals surface area (Å²) in [5, 5.41) is 15.9. The Morgan fingerprint density at radius 2 is 1.90 bits per heavy atom. The molecule has 3 aromatic heterocycles. The maximum atomic E-state index is 5.51. The summed E-state index contributed by atoms with van der Waals surface area (Å²) in [4.78, 5) is 12.1. The van der Waals surface area contributed by atoms with Gasteiger partial charge in [0.05, 0.1) is 31.3 Å². The lowest BCUT2D eigenvalue weighted by Gasteiger charge is -2.39. The van der Waals surface area contributed by atoms with Gasteiger partial charge in [0.2, 0.25) is 5.95 Å². The number of aryl methyl sites for hydroxylation is 2. The van der Waals surface area contributed by atoms with Gasteiger partial charge in [-0.2, -0.15) is 15.2 Å². The number of morpholine rings is 1. The Hall–Kier alpha value is -2.72. The van der Waals surface area contributed by atoms with Gasteiger partial charge in [-0.25, -0.2) is 4.98 Å². The summed E-state index contributed by atoms with van der Waals surface area (Å²) in [7, 11) is 1.89. The predicted octanol–water partition coefficient (Wildman–Crippen LogP) is 2.38. The molecule has 166 valence electrons. The molecule has 0 unspecified atom stereocenters. The van der Waals surface area contributed by atoms with Crippen molar-refractivity contribution in [1.29, 1.82) is 0 Å². The number of hydrogen-bond acceptors (Lipinski definition) is 8. The van der Waals surface area contributed by atoms with E-state index in [2.05, 4.69) is 32.5 Å². The Balaban J connectivity index is 1.32. The van der Waals surface area contributed by atoms with E-state index in [4.69, 9.17) is 14.8 Å². The molecule has 2 aliphatic rings. The average Bonchev–Trinajstić information content (AvgIpc) is 3.40. The second-order valence-electron chi connectivity index (χ2n) is 8.44. The summed E-state index contributed by atoms with van der Waals surface area (Å²) < 4.78 is 9.17. The van der Waals surface area contributed by atoms with Gasteiger partial charge in [-0.05, 0) is 32.6 Å². The van der Waals surface area contributed by atoms with Gasteiger partial charge < -0.3 is 15.4 Å². The molecule has 1 aliphatic heterocycles. The Labute approximate surface area is 182 Å². The van der Waals surface area contributed by atoms with Crippen molar-refractivity contribution in [3.05, 3.63) is 18.6 Å². The van der Waals surface area contributed by atoms with Crippen LogP contribution in [0.25, 0.3) is 11.0 Å². The topological polar surface area (TPSA) is 98.0 Å². The number of fused-ring (bicyclic) bond motifs is 1. The van der Waals surface area contributed by atoms with E-state index in [0.29, 0.717) is 18.0 Å². The fourth-order valence-corrected chi connectivity index (χ4v) is 4.61. The van der Waals surface area contributed by atoms with Gasteiger partial charge in [-0.15, -0.1) is 0 Å². The van der Waals surface area contributed by atoms with E-state index in [1.807, 2.05) is 24.1 Å². The molecule has 1 saturated heterocycles. The number of rotatable bonds is 6. The van der Waals surface area contributed by atoms with Crippen molar-refractivity contribution in [3.8, 4) is 0 Å². The van der Waals surface area contributed by atoms with Crippen molar-refractivity contribution in [3.63, 3.8) is 0 Å². The zero-order valence-electron chi connectivity index (χ0n) is 18.3. The third-order valence-electron chi connectivity index (χ3n) is 6.30. The summed E-state index contributed by atoms with van der Waals surface area (Å²) in [6.07, 6.45) is 10.3. The van der Waals surface area contributed by atoms with Crippen LogP contribution in [0.4, 0.5) is 17.5 Å². The van der Waals surface area contributed by atoms with Crippen LogP contribution in [0.3, 0.4) is 0 Å². The molecule has 10 nitrogen and oxygen atoms in total. The molecule has 31 heavy (non-hydrogen) atoms. The number of anilines is 3. The van der Waals surface area contributed by atoms with Crippen LogP contribution in [-0.2, 0) is 18.3 Å². The summed E-state index contributed by atoms with van der Waals surface area (Å²) >= 11 is 0. The predicted molar refractivity (Wildman–Crippen MR) is 120 cm³/mol. The van der Waals surface area contributed by atoms with Crippen LogP contribution >= 0.6 is 0 Å². The van der Waals surface area contributed by atoms with Gasteiger partial charge in [0.15, 0.2) is 11.3 Å². The zero-order valence-corrected chi connectivity index (χ0v) is 18.3. The first-order valence-corrected chi connectivity index (χ1v) is 11.3. The zero-order chi connectivity index (χ0) is 21.2. The van der Waals surface area contributed by atoms with Gasteiger partial charge >= 0.3 is 0 Å². The molecule has 5 rings (SSSR count). The van der Waals surface area contributed by atoms with Crippen molar-refractivity contribution in [1.82, 2.24) is 34.4 Å². The highest BCUT2D eigenvalue weighted by atomic mass is 16.5. The Bertz CT molecular complexity index is 1020. The fourth-order valence-electron chi connectivity index (χ4n) is 4.61. The van der Waals surface area contributed by atoms with E-state index in [-0.39, 0.29) is 0 Å². The monoisotopic (exact) mass is 425 g/mol. The molecule has 0 aromatic carbocycles. The second kappa shape index (κ2) is 8.80. The third-order valence-corrected chi connectivity index (χ3v) is 6.30. The van der Waals surface area contributed by atoms with Crippen LogP contribution in [0.15, 0.2) is 18.6 Å². The number of nitrogens with zero attached hydrogens (tertiary/aromatic N) is 7. The molecule has 0 spiro atoms. The SMILES string of the molecule is CCn1cc2nc(Nc3cnn(C)c3)nc(N[C@H]3CC[C@H](N4CCOCC4)CC3)c2n1. The summed E-state index contributed by atoms with van der Waals surface area (Å²) in [6.45, 7) is 6.73. The minimum absolute atomic E-state index is 0.397. The van der Waals surface area contributed by atoms with Crippen LogP contribution < -0.4 is 10.6 Å². The first-order valence-electron chi connectivity index (χ1n) is 11.3. The lowest BCUT2D eigenvalue weighted by Crippen LogP contribution is -2.46. The maximum Gasteiger partial charge on any atom is 0.230 e. The molecule has 0 atom stereocenters.